The van der Waals surface area contributed by atoms with Crippen LogP contribution in [0, 0.1) is 0 Å². The van der Waals surface area contributed by atoms with Gasteiger partial charge in [0.2, 0.25) is 0 Å². The fourth-order valence-corrected chi connectivity index (χ4v) is 2.14. The van der Waals surface area contributed by atoms with Gasteiger partial charge in [-0.1, -0.05) is 24.3 Å². The Labute approximate surface area is 96.9 Å². The standard InChI is InChI=1S/C12H21N3O/c13-11-3-1-2-4-12(11,14)5-6-15-7-9-16-10-8-15/h1-4,11H,5-10,13-14H2. The molecule has 0 radical (unpaired) electrons. The number of hydrogen-bond donors (Lipinski definition) is 2. The van der Waals surface area contributed by atoms with Crippen molar-refractivity contribution in [3.05, 3.63) is 24.3 Å². The molecule has 0 aromatic carbocycles. The minimum absolute atomic E-state index is 0.0708. The van der Waals surface area contributed by atoms with Gasteiger partial charge in [-0.3, -0.25) is 4.90 Å². The van der Waals surface area contributed by atoms with Gasteiger partial charge >= 0.3 is 0 Å². The van der Waals surface area contributed by atoms with E-state index < -0.39 is 0 Å². The number of nitrogens with two attached hydrogens (primary N) is 2. The monoisotopic (exact) mass is 223 g/mol. The predicted octanol–water partition coefficient (Wildman–Crippen LogP) is -0.140. The Hall–Kier alpha value is -0.680. The third kappa shape index (κ3) is 2.71. The van der Waals surface area contributed by atoms with Crippen LogP contribution in [0.15, 0.2) is 24.3 Å². The Morgan fingerprint density at radius 3 is 2.75 bits per heavy atom. The van der Waals surface area contributed by atoms with Gasteiger partial charge < -0.3 is 16.2 Å². The van der Waals surface area contributed by atoms with Crippen LogP contribution in [0.5, 0.6) is 0 Å². The zero-order valence-corrected chi connectivity index (χ0v) is 9.64. The molecule has 0 amide bonds. The van der Waals surface area contributed by atoms with Crippen molar-refractivity contribution in [1.82, 2.24) is 4.90 Å². The second-order valence-electron chi connectivity index (χ2n) is 4.59. The quantitative estimate of drug-likeness (QED) is 0.699. The molecule has 1 aliphatic heterocycles. The molecule has 1 saturated heterocycles. The van der Waals surface area contributed by atoms with Crippen molar-refractivity contribution in [2.45, 2.75) is 18.0 Å². The molecule has 2 rings (SSSR count). The number of ether oxygens (including phenoxy) is 1. The molecule has 1 aliphatic carbocycles. The highest BCUT2D eigenvalue weighted by atomic mass is 16.5. The SMILES string of the molecule is NC1C=CC=CC1(N)CCN1CCOCC1. The lowest BCUT2D eigenvalue weighted by molar-refractivity contribution is 0.0352. The third-order valence-corrected chi connectivity index (χ3v) is 3.42. The molecule has 16 heavy (non-hydrogen) atoms. The minimum Gasteiger partial charge on any atom is -0.379 e. The van der Waals surface area contributed by atoms with E-state index in [2.05, 4.69) is 4.90 Å². The molecule has 90 valence electrons. The van der Waals surface area contributed by atoms with Gasteiger partial charge in [0.05, 0.1) is 18.8 Å². The second-order valence-corrected chi connectivity index (χ2v) is 4.59. The summed E-state index contributed by atoms with van der Waals surface area (Å²) >= 11 is 0. The average Bonchev–Trinajstić information content (AvgIpc) is 2.32. The maximum absolute atomic E-state index is 6.30. The summed E-state index contributed by atoms with van der Waals surface area (Å²) in [5.74, 6) is 0. The number of hydrogen-bond acceptors (Lipinski definition) is 4. The largest absolute Gasteiger partial charge is 0.379 e. The van der Waals surface area contributed by atoms with Crippen LogP contribution in [-0.4, -0.2) is 49.3 Å². The lowest BCUT2D eigenvalue weighted by Gasteiger charge is -2.35. The molecule has 0 aromatic rings. The Balaban J connectivity index is 1.84. The van der Waals surface area contributed by atoms with Crippen LogP contribution in [0.25, 0.3) is 0 Å². The topological polar surface area (TPSA) is 64.5 Å². The lowest BCUT2D eigenvalue weighted by atomic mass is 9.84. The highest BCUT2D eigenvalue weighted by Gasteiger charge is 2.29. The fourth-order valence-electron chi connectivity index (χ4n) is 2.14. The highest BCUT2D eigenvalue weighted by molar-refractivity contribution is 5.26. The second kappa shape index (κ2) is 5.10. The van der Waals surface area contributed by atoms with Crippen molar-refractivity contribution in [2.75, 3.05) is 32.8 Å². The summed E-state index contributed by atoms with van der Waals surface area (Å²) in [5.41, 5.74) is 11.9. The first-order valence-electron chi connectivity index (χ1n) is 5.91. The normalized spacial score (nSPS) is 35.5. The van der Waals surface area contributed by atoms with Crippen molar-refractivity contribution in [2.24, 2.45) is 11.5 Å². The van der Waals surface area contributed by atoms with E-state index in [1.807, 2.05) is 24.3 Å². The van der Waals surface area contributed by atoms with Crippen LogP contribution >= 0.6 is 0 Å². The van der Waals surface area contributed by atoms with Gasteiger partial charge in [0.1, 0.15) is 0 Å². The van der Waals surface area contributed by atoms with Crippen molar-refractivity contribution in [3.63, 3.8) is 0 Å². The summed E-state index contributed by atoms with van der Waals surface area (Å²) in [5, 5.41) is 0. The molecule has 0 spiro atoms. The van der Waals surface area contributed by atoms with Gasteiger partial charge in [-0.15, -0.1) is 0 Å². The Bertz CT molecular complexity index is 284. The molecule has 1 fully saturated rings. The molecule has 1 heterocycles. The van der Waals surface area contributed by atoms with E-state index in [-0.39, 0.29) is 11.6 Å². The van der Waals surface area contributed by atoms with E-state index in [1.54, 1.807) is 0 Å². The lowest BCUT2D eigenvalue weighted by Crippen LogP contribution is -2.55. The summed E-state index contributed by atoms with van der Waals surface area (Å²) in [6, 6.07) is -0.0708. The van der Waals surface area contributed by atoms with Gasteiger partial charge in [-0.25, -0.2) is 0 Å². The van der Waals surface area contributed by atoms with E-state index in [9.17, 15) is 0 Å². The van der Waals surface area contributed by atoms with E-state index in [4.69, 9.17) is 16.2 Å². The predicted molar refractivity (Wildman–Crippen MR) is 65.0 cm³/mol. The maximum Gasteiger partial charge on any atom is 0.0594 e. The molecule has 0 aromatic heterocycles. The van der Waals surface area contributed by atoms with Crippen LogP contribution in [0.3, 0.4) is 0 Å². The Morgan fingerprint density at radius 2 is 2.06 bits per heavy atom. The maximum atomic E-state index is 6.30. The third-order valence-electron chi connectivity index (χ3n) is 3.42. The van der Waals surface area contributed by atoms with Crippen LogP contribution in [0.4, 0.5) is 0 Å². The molecule has 0 bridgehead atoms. The number of allylic oxidation sites excluding steroid dienone is 2. The smallest absolute Gasteiger partial charge is 0.0594 e. The average molecular weight is 223 g/mol. The van der Waals surface area contributed by atoms with Gasteiger partial charge in [0.25, 0.3) is 0 Å². The molecule has 4 nitrogen and oxygen atoms in total. The number of morpholine rings is 1. The number of rotatable bonds is 3. The van der Waals surface area contributed by atoms with Crippen molar-refractivity contribution in [3.8, 4) is 0 Å². The van der Waals surface area contributed by atoms with Crippen LogP contribution in [0.2, 0.25) is 0 Å². The molecule has 0 saturated carbocycles. The van der Waals surface area contributed by atoms with Gasteiger partial charge in [-0.05, 0) is 6.42 Å². The van der Waals surface area contributed by atoms with Crippen LogP contribution in [-0.2, 0) is 4.74 Å². The highest BCUT2D eigenvalue weighted by Crippen LogP contribution is 2.18. The van der Waals surface area contributed by atoms with Crippen LogP contribution in [0.1, 0.15) is 6.42 Å². The Kier molecular flexibility index (Phi) is 3.76. The summed E-state index contributed by atoms with van der Waals surface area (Å²) in [6.45, 7) is 4.67. The van der Waals surface area contributed by atoms with Crippen molar-refractivity contribution in [1.29, 1.82) is 0 Å². The van der Waals surface area contributed by atoms with Gasteiger partial charge in [-0.2, -0.15) is 0 Å². The molecular formula is C12H21N3O. The first-order chi connectivity index (χ1) is 7.71. The fraction of sp³-hybridized carbons (Fsp3) is 0.667. The summed E-state index contributed by atoms with van der Waals surface area (Å²) in [7, 11) is 0. The summed E-state index contributed by atoms with van der Waals surface area (Å²) in [4.78, 5) is 2.39. The van der Waals surface area contributed by atoms with Gasteiger partial charge in [0.15, 0.2) is 0 Å². The molecular weight excluding hydrogens is 202 g/mol. The summed E-state index contributed by atoms with van der Waals surface area (Å²) < 4.78 is 5.32. The minimum atomic E-state index is -0.382. The van der Waals surface area contributed by atoms with Crippen molar-refractivity contribution >= 4 is 0 Å². The Morgan fingerprint density at radius 1 is 1.31 bits per heavy atom. The first kappa shape index (κ1) is 11.8. The van der Waals surface area contributed by atoms with Crippen LogP contribution < -0.4 is 11.5 Å². The zero-order valence-electron chi connectivity index (χ0n) is 9.64. The van der Waals surface area contributed by atoms with Crippen molar-refractivity contribution < 1.29 is 4.74 Å². The van der Waals surface area contributed by atoms with E-state index in [0.29, 0.717) is 0 Å². The summed E-state index contributed by atoms with van der Waals surface area (Å²) in [6.07, 6.45) is 8.85. The van der Waals surface area contributed by atoms with Gasteiger partial charge in [0, 0.05) is 25.7 Å². The van der Waals surface area contributed by atoms with E-state index in [0.717, 1.165) is 39.3 Å². The zero-order chi connectivity index (χ0) is 11.4. The molecule has 2 atom stereocenters. The van der Waals surface area contributed by atoms with E-state index in [1.165, 1.54) is 0 Å². The molecule has 4 heteroatoms. The molecule has 2 aliphatic rings. The van der Waals surface area contributed by atoms with E-state index >= 15 is 0 Å². The first-order valence-corrected chi connectivity index (χ1v) is 5.91. The molecule has 4 N–H and O–H groups in total. The number of nitrogens with zero attached hydrogens (tertiary/aromatic N) is 1. The molecule has 2 unspecified atom stereocenters.